The molecule has 1 aromatic carbocycles. The predicted molar refractivity (Wildman–Crippen MR) is 77.6 cm³/mol. The summed E-state index contributed by atoms with van der Waals surface area (Å²) in [6, 6.07) is 6.55. The van der Waals surface area contributed by atoms with E-state index in [9.17, 15) is 0 Å². The Morgan fingerprint density at radius 1 is 1.29 bits per heavy atom. The third kappa shape index (κ3) is 3.80. The van der Waals surface area contributed by atoms with Crippen LogP contribution in [0, 0.1) is 12.8 Å². The van der Waals surface area contributed by atoms with Gasteiger partial charge in [-0.1, -0.05) is 54.8 Å². The van der Waals surface area contributed by atoms with Crippen LogP contribution in [0.3, 0.4) is 0 Å². The highest BCUT2D eigenvalue weighted by atomic mass is 79.9. The van der Waals surface area contributed by atoms with Gasteiger partial charge in [-0.05, 0) is 36.5 Å². The van der Waals surface area contributed by atoms with Crippen molar-refractivity contribution in [2.75, 3.05) is 0 Å². The van der Waals surface area contributed by atoms with E-state index in [1.807, 2.05) is 0 Å². The molecule has 96 valence electrons. The van der Waals surface area contributed by atoms with Crippen LogP contribution in [0.25, 0.3) is 0 Å². The zero-order chi connectivity index (χ0) is 12.8. The molecule has 0 aliphatic heterocycles. The molecule has 0 aliphatic carbocycles. The number of nitrogens with two attached hydrogens (primary N) is 1. The monoisotopic (exact) mass is 298 g/mol. The fraction of sp³-hybridized carbons (Fsp3) is 0.571. The van der Waals surface area contributed by atoms with Gasteiger partial charge < -0.3 is 0 Å². The summed E-state index contributed by atoms with van der Waals surface area (Å²) in [4.78, 5) is 0. The third-order valence-corrected chi connectivity index (χ3v) is 4.47. The van der Waals surface area contributed by atoms with Crippen LogP contribution >= 0.6 is 15.9 Å². The summed E-state index contributed by atoms with van der Waals surface area (Å²) >= 11 is 3.58. The Kier molecular flexibility index (Phi) is 6.17. The predicted octanol–water partition coefficient (Wildman–Crippen LogP) is 4.09. The van der Waals surface area contributed by atoms with Gasteiger partial charge in [0.05, 0.1) is 0 Å². The summed E-state index contributed by atoms with van der Waals surface area (Å²) in [6.07, 6.45) is 3.52. The smallest absolute Gasteiger partial charge is 0.0465 e. The minimum absolute atomic E-state index is 0.248. The first-order valence-electron chi connectivity index (χ1n) is 6.35. The van der Waals surface area contributed by atoms with Crippen LogP contribution in [-0.2, 0) is 0 Å². The van der Waals surface area contributed by atoms with Crippen molar-refractivity contribution < 1.29 is 0 Å². The van der Waals surface area contributed by atoms with Crippen molar-refractivity contribution in [3.63, 3.8) is 0 Å². The number of rotatable bonds is 6. The van der Waals surface area contributed by atoms with Crippen molar-refractivity contribution in [3.8, 4) is 0 Å². The lowest BCUT2D eigenvalue weighted by molar-refractivity contribution is 0.374. The Labute approximate surface area is 113 Å². The van der Waals surface area contributed by atoms with E-state index >= 15 is 0 Å². The van der Waals surface area contributed by atoms with Crippen LogP contribution in [0.5, 0.6) is 0 Å². The maximum absolute atomic E-state index is 5.72. The molecule has 17 heavy (non-hydrogen) atoms. The standard InChI is InChI=1S/C14H23BrN2/c1-4-11(5-2)9-14(17-16)12-7-6-8-13(15)10(12)3/h6-8,11,14,17H,4-5,9,16H2,1-3H3. The molecule has 1 aromatic rings. The van der Waals surface area contributed by atoms with Gasteiger partial charge in [0.25, 0.3) is 0 Å². The van der Waals surface area contributed by atoms with Gasteiger partial charge in [-0.3, -0.25) is 11.3 Å². The normalized spacial score (nSPS) is 13.1. The van der Waals surface area contributed by atoms with Crippen LogP contribution < -0.4 is 11.3 Å². The summed E-state index contributed by atoms with van der Waals surface area (Å²) < 4.78 is 1.15. The molecule has 0 fully saturated rings. The topological polar surface area (TPSA) is 38.0 Å². The lowest BCUT2D eigenvalue weighted by Crippen LogP contribution is -2.30. The highest BCUT2D eigenvalue weighted by Gasteiger charge is 2.17. The van der Waals surface area contributed by atoms with Crippen molar-refractivity contribution in [2.45, 2.75) is 46.1 Å². The molecule has 0 heterocycles. The van der Waals surface area contributed by atoms with Gasteiger partial charge in [0.15, 0.2) is 0 Å². The highest BCUT2D eigenvalue weighted by molar-refractivity contribution is 9.10. The number of nitrogens with one attached hydrogen (secondary N) is 1. The first-order chi connectivity index (χ1) is 8.13. The summed E-state index contributed by atoms with van der Waals surface area (Å²) in [6.45, 7) is 6.63. The molecule has 0 saturated heterocycles. The van der Waals surface area contributed by atoms with Crippen molar-refractivity contribution in [1.29, 1.82) is 0 Å². The molecule has 0 bridgehead atoms. The van der Waals surface area contributed by atoms with E-state index < -0.39 is 0 Å². The molecule has 1 atom stereocenters. The highest BCUT2D eigenvalue weighted by Crippen LogP contribution is 2.29. The minimum Gasteiger partial charge on any atom is -0.271 e. The van der Waals surface area contributed by atoms with Gasteiger partial charge in [0, 0.05) is 10.5 Å². The fourth-order valence-electron chi connectivity index (χ4n) is 2.24. The molecule has 3 heteroatoms. The number of benzene rings is 1. The first kappa shape index (κ1) is 14.7. The van der Waals surface area contributed by atoms with E-state index in [1.165, 1.54) is 24.0 Å². The van der Waals surface area contributed by atoms with E-state index in [0.717, 1.165) is 16.8 Å². The average Bonchev–Trinajstić information content (AvgIpc) is 2.35. The van der Waals surface area contributed by atoms with E-state index in [0.29, 0.717) is 0 Å². The molecule has 0 radical (unpaired) electrons. The quantitative estimate of drug-likeness (QED) is 0.613. The van der Waals surface area contributed by atoms with Gasteiger partial charge in [-0.25, -0.2) is 0 Å². The van der Waals surface area contributed by atoms with E-state index in [4.69, 9.17) is 5.84 Å². The van der Waals surface area contributed by atoms with Gasteiger partial charge >= 0.3 is 0 Å². The van der Waals surface area contributed by atoms with E-state index in [1.54, 1.807) is 0 Å². The maximum Gasteiger partial charge on any atom is 0.0465 e. The van der Waals surface area contributed by atoms with Crippen molar-refractivity contribution in [3.05, 3.63) is 33.8 Å². The van der Waals surface area contributed by atoms with Crippen molar-refractivity contribution in [1.82, 2.24) is 5.43 Å². The molecule has 1 unspecified atom stereocenters. The number of halogens is 1. The van der Waals surface area contributed by atoms with Crippen LogP contribution in [0.4, 0.5) is 0 Å². The average molecular weight is 299 g/mol. The van der Waals surface area contributed by atoms with Gasteiger partial charge in [-0.15, -0.1) is 0 Å². The summed E-state index contributed by atoms with van der Waals surface area (Å²) in [7, 11) is 0. The number of hydrogen-bond acceptors (Lipinski definition) is 2. The zero-order valence-corrected chi connectivity index (χ0v) is 12.5. The molecule has 1 rings (SSSR count). The Hall–Kier alpha value is -0.380. The second-order valence-electron chi connectivity index (χ2n) is 4.59. The molecular weight excluding hydrogens is 276 g/mol. The Morgan fingerprint density at radius 3 is 2.47 bits per heavy atom. The van der Waals surface area contributed by atoms with Gasteiger partial charge in [-0.2, -0.15) is 0 Å². The van der Waals surface area contributed by atoms with E-state index in [2.05, 4.69) is 60.3 Å². The van der Waals surface area contributed by atoms with Gasteiger partial charge in [0.1, 0.15) is 0 Å². The first-order valence-corrected chi connectivity index (χ1v) is 7.14. The Balaban J connectivity index is 2.89. The minimum atomic E-state index is 0.248. The largest absolute Gasteiger partial charge is 0.271 e. The van der Waals surface area contributed by atoms with Crippen LogP contribution in [0.2, 0.25) is 0 Å². The van der Waals surface area contributed by atoms with Crippen LogP contribution in [0.1, 0.15) is 50.3 Å². The maximum atomic E-state index is 5.72. The molecule has 3 N–H and O–H groups in total. The molecule has 0 amide bonds. The van der Waals surface area contributed by atoms with Crippen LogP contribution in [-0.4, -0.2) is 0 Å². The number of hydrazine groups is 1. The summed E-state index contributed by atoms with van der Waals surface area (Å²) in [5.74, 6) is 6.45. The molecule has 0 aliphatic rings. The molecule has 0 saturated carbocycles. The van der Waals surface area contributed by atoms with Crippen molar-refractivity contribution >= 4 is 15.9 Å². The second kappa shape index (κ2) is 7.14. The number of hydrogen-bond donors (Lipinski definition) is 2. The van der Waals surface area contributed by atoms with Crippen molar-refractivity contribution in [2.24, 2.45) is 11.8 Å². The molecule has 0 aromatic heterocycles. The summed E-state index contributed by atoms with van der Waals surface area (Å²) in [5, 5.41) is 0. The SMILES string of the molecule is CCC(CC)CC(NN)c1cccc(Br)c1C. The summed E-state index contributed by atoms with van der Waals surface area (Å²) in [5.41, 5.74) is 5.54. The zero-order valence-electron chi connectivity index (χ0n) is 11.0. The lowest BCUT2D eigenvalue weighted by atomic mass is 9.90. The third-order valence-electron chi connectivity index (χ3n) is 3.61. The Morgan fingerprint density at radius 2 is 1.94 bits per heavy atom. The van der Waals surface area contributed by atoms with Crippen LogP contribution in [0.15, 0.2) is 22.7 Å². The van der Waals surface area contributed by atoms with E-state index in [-0.39, 0.29) is 6.04 Å². The fourth-order valence-corrected chi connectivity index (χ4v) is 2.62. The second-order valence-corrected chi connectivity index (χ2v) is 5.45. The lowest BCUT2D eigenvalue weighted by Gasteiger charge is -2.23. The molecular formula is C14H23BrN2. The molecule has 2 nitrogen and oxygen atoms in total. The van der Waals surface area contributed by atoms with Gasteiger partial charge in [0.2, 0.25) is 0 Å². The molecule has 0 spiro atoms. The Bertz CT molecular complexity index is 348.